The van der Waals surface area contributed by atoms with Crippen LogP contribution in [0.2, 0.25) is 5.02 Å². The summed E-state index contributed by atoms with van der Waals surface area (Å²) in [6.45, 7) is 2.78. The molecule has 0 aliphatic carbocycles. The van der Waals surface area contributed by atoms with Crippen LogP contribution < -0.4 is 10.6 Å². The smallest absolute Gasteiger partial charge is 0.170 e. The zero-order valence-corrected chi connectivity index (χ0v) is 9.88. The van der Waals surface area contributed by atoms with Gasteiger partial charge in [0.1, 0.15) is 0 Å². The number of benzene rings is 1. The molecule has 0 amide bonds. The highest BCUT2D eigenvalue weighted by Gasteiger charge is 2.06. The van der Waals surface area contributed by atoms with Gasteiger partial charge in [0.05, 0.1) is 10.7 Å². The van der Waals surface area contributed by atoms with Gasteiger partial charge in [-0.25, -0.2) is 4.39 Å². The Bertz CT molecular complexity index is 357. The van der Waals surface area contributed by atoms with Crippen molar-refractivity contribution in [2.75, 3.05) is 11.9 Å². The number of hydrogen-bond donors (Lipinski definition) is 2. The molecular weight excluding hydrogens is 235 g/mol. The van der Waals surface area contributed by atoms with Crippen molar-refractivity contribution in [3.05, 3.63) is 29.0 Å². The molecule has 0 saturated heterocycles. The predicted octanol–water partition coefficient (Wildman–Crippen LogP) is 3.18. The van der Waals surface area contributed by atoms with Gasteiger partial charge in [-0.05, 0) is 30.8 Å². The minimum Gasteiger partial charge on any atom is -0.362 e. The molecule has 82 valence electrons. The van der Waals surface area contributed by atoms with E-state index in [1.807, 2.05) is 6.92 Å². The van der Waals surface area contributed by atoms with Gasteiger partial charge >= 0.3 is 0 Å². The fourth-order valence-corrected chi connectivity index (χ4v) is 1.39. The van der Waals surface area contributed by atoms with Crippen LogP contribution in [0.4, 0.5) is 10.1 Å². The summed E-state index contributed by atoms with van der Waals surface area (Å²) in [5, 5.41) is 6.17. The van der Waals surface area contributed by atoms with Crippen molar-refractivity contribution in [3.8, 4) is 0 Å². The van der Waals surface area contributed by atoms with E-state index in [0.717, 1.165) is 13.0 Å². The number of rotatable bonds is 3. The number of anilines is 1. The van der Waals surface area contributed by atoms with Crippen LogP contribution in [-0.4, -0.2) is 11.7 Å². The average Bonchev–Trinajstić information content (AvgIpc) is 2.22. The molecule has 0 aliphatic rings. The third-order valence-electron chi connectivity index (χ3n) is 1.74. The molecule has 0 saturated carbocycles. The maximum Gasteiger partial charge on any atom is 0.170 e. The summed E-state index contributed by atoms with van der Waals surface area (Å²) in [7, 11) is 0. The van der Waals surface area contributed by atoms with E-state index in [4.69, 9.17) is 23.8 Å². The Hall–Kier alpha value is -0.870. The van der Waals surface area contributed by atoms with E-state index in [-0.39, 0.29) is 10.7 Å². The molecule has 0 bridgehead atoms. The Morgan fingerprint density at radius 3 is 2.93 bits per heavy atom. The lowest BCUT2D eigenvalue weighted by Gasteiger charge is -2.10. The number of nitrogens with one attached hydrogen (secondary N) is 2. The molecule has 0 radical (unpaired) electrons. The van der Waals surface area contributed by atoms with E-state index in [2.05, 4.69) is 10.6 Å². The summed E-state index contributed by atoms with van der Waals surface area (Å²) in [5.41, 5.74) is 0.288. The first-order valence-corrected chi connectivity index (χ1v) is 5.42. The Balaban J connectivity index is 2.64. The zero-order valence-electron chi connectivity index (χ0n) is 8.31. The van der Waals surface area contributed by atoms with Crippen LogP contribution in [0.5, 0.6) is 0 Å². The van der Waals surface area contributed by atoms with E-state index in [1.54, 1.807) is 12.1 Å². The molecule has 0 unspecified atom stereocenters. The second kappa shape index (κ2) is 5.88. The monoisotopic (exact) mass is 246 g/mol. The largest absolute Gasteiger partial charge is 0.362 e. The molecule has 2 nitrogen and oxygen atoms in total. The molecule has 0 aliphatic heterocycles. The van der Waals surface area contributed by atoms with Gasteiger partial charge in [-0.3, -0.25) is 0 Å². The van der Waals surface area contributed by atoms with Crippen LogP contribution in [0.15, 0.2) is 18.2 Å². The topological polar surface area (TPSA) is 24.1 Å². The summed E-state index contributed by atoms with van der Waals surface area (Å²) in [6.07, 6.45) is 0.958. The fourth-order valence-electron chi connectivity index (χ4n) is 1.01. The van der Waals surface area contributed by atoms with Crippen molar-refractivity contribution in [3.63, 3.8) is 0 Å². The van der Waals surface area contributed by atoms with Gasteiger partial charge in [-0.1, -0.05) is 24.6 Å². The molecule has 0 atom stereocenters. The van der Waals surface area contributed by atoms with Crippen molar-refractivity contribution >= 4 is 34.6 Å². The number of hydrogen-bond acceptors (Lipinski definition) is 1. The third kappa shape index (κ3) is 3.64. The molecule has 0 aromatic heterocycles. The maximum absolute atomic E-state index is 13.4. The molecule has 0 heterocycles. The van der Waals surface area contributed by atoms with Crippen LogP contribution in [-0.2, 0) is 0 Å². The van der Waals surface area contributed by atoms with Gasteiger partial charge in [-0.15, -0.1) is 0 Å². The molecule has 2 N–H and O–H groups in total. The normalized spacial score (nSPS) is 9.80. The summed E-state index contributed by atoms with van der Waals surface area (Å²) in [6, 6.07) is 4.74. The highest BCUT2D eigenvalue weighted by atomic mass is 35.5. The van der Waals surface area contributed by atoms with Crippen molar-refractivity contribution in [2.24, 2.45) is 0 Å². The minimum atomic E-state index is -0.486. The Morgan fingerprint density at radius 1 is 1.53 bits per heavy atom. The van der Waals surface area contributed by atoms with Gasteiger partial charge < -0.3 is 10.6 Å². The van der Waals surface area contributed by atoms with Crippen LogP contribution in [0.25, 0.3) is 0 Å². The van der Waals surface area contributed by atoms with Crippen molar-refractivity contribution in [2.45, 2.75) is 13.3 Å². The van der Waals surface area contributed by atoms with Crippen LogP contribution in [0.1, 0.15) is 13.3 Å². The van der Waals surface area contributed by atoms with Gasteiger partial charge in [0.25, 0.3) is 0 Å². The van der Waals surface area contributed by atoms with Gasteiger partial charge in [0.15, 0.2) is 10.9 Å². The summed E-state index contributed by atoms with van der Waals surface area (Å²) >= 11 is 10.6. The van der Waals surface area contributed by atoms with Crippen molar-refractivity contribution < 1.29 is 4.39 Å². The van der Waals surface area contributed by atoms with Crippen molar-refractivity contribution in [1.82, 2.24) is 5.32 Å². The predicted molar refractivity (Wildman–Crippen MR) is 65.9 cm³/mol. The summed E-state index contributed by atoms with van der Waals surface area (Å²) in [5.74, 6) is -0.486. The first-order valence-electron chi connectivity index (χ1n) is 4.64. The van der Waals surface area contributed by atoms with E-state index >= 15 is 0 Å². The van der Waals surface area contributed by atoms with Gasteiger partial charge in [-0.2, -0.15) is 0 Å². The maximum atomic E-state index is 13.4. The van der Waals surface area contributed by atoms with Crippen LogP contribution in [0.3, 0.4) is 0 Å². The lowest BCUT2D eigenvalue weighted by Crippen LogP contribution is -2.29. The van der Waals surface area contributed by atoms with E-state index in [1.165, 1.54) is 6.07 Å². The van der Waals surface area contributed by atoms with E-state index in [0.29, 0.717) is 5.11 Å². The molecule has 1 aromatic carbocycles. The molecule has 15 heavy (non-hydrogen) atoms. The Labute approximate surface area is 98.8 Å². The standard InChI is InChI=1S/C10H12ClFN2S/c1-2-6-13-10(15)14-8-5-3-4-7(11)9(8)12/h3-5H,2,6H2,1H3,(H2,13,14,15). The molecule has 0 spiro atoms. The van der Waals surface area contributed by atoms with Crippen molar-refractivity contribution in [1.29, 1.82) is 0 Å². The summed E-state index contributed by atoms with van der Waals surface area (Å²) in [4.78, 5) is 0. The lowest BCUT2D eigenvalue weighted by atomic mass is 10.3. The molecule has 1 rings (SSSR count). The fraction of sp³-hybridized carbons (Fsp3) is 0.300. The van der Waals surface area contributed by atoms with Gasteiger partial charge in [0.2, 0.25) is 0 Å². The lowest BCUT2D eigenvalue weighted by molar-refractivity contribution is 0.632. The third-order valence-corrected chi connectivity index (χ3v) is 2.27. The van der Waals surface area contributed by atoms with Crippen LogP contribution in [0, 0.1) is 5.82 Å². The molecule has 1 aromatic rings. The summed E-state index contributed by atoms with van der Waals surface area (Å²) < 4.78 is 13.4. The molecular formula is C10H12ClFN2S. The second-order valence-corrected chi connectivity index (χ2v) is 3.80. The number of thiocarbonyl (C=S) groups is 1. The molecule has 5 heteroatoms. The molecule has 0 fully saturated rings. The Kier molecular flexibility index (Phi) is 4.78. The second-order valence-electron chi connectivity index (χ2n) is 2.98. The van der Waals surface area contributed by atoms with E-state index < -0.39 is 5.82 Å². The quantitative estimate of drug-likeness (QED) is 0.801. The first kappa shape index (κ1) is 12.2. The Morgan fingerprint density at radius 2 is 2.27 bits per heavy atom. The van der Waals surface area contributed by atoms with Gasteiger partial charge in [0, 0.05) is 6.54 Å². The minimum absolute atomic E-state index is 0.0818. The average molecular weight is 247 g/mol. The zero-order chi connectivity index (χ0) is 11.3. The highest BCUT2D eigenvalue weighted by molar-refractivity contribution is 7.80. The van der Waals surface area contributed by atoms with E-state index in [9.17, 15) is 4.39 Å². The van der Waals surface area contributed by atoms with Crippen LogP contribution >= 0.6 is 23.8 Å². The highest BCUT2D eigenvalue weighted by Crippen LogP contribution is 2.21. The SMILES string of the molecule is CCCNC(=S)Nc1cccc(Cl)c1F. The first-order chi connectivity index (χ1) is 7.15. The number of halogens is 2.